The van der Waals surface area contributed by atoms with Crippen LogP contribution >= 0.6 is 46.4 Å². The third-order valence-corrected chi connectivity index (χ3v) is 9.22. The Labute approximate surface area is 295 Å². The molecule has 6 nitrogen and oxygen atoms in total. The number of amides is 2. The van der Waals surface area contributed by atoms with E-state index < -0.39 is 12.0 Å². The summed E-state index contributed by atoms with van der Waals surface area (Å²) in [6.45, 7) is 0.480. The second kappa shape index (κ2) is 24.2. The standard InChI is InChI=1S/C36H50Cl4N2O4/c37-22-18-31(19-23-38)29-14-10-27(11-15-29)5-3-8-34(43)41-26-2-1-7-33(36(45)46)42-35(44)9-4-6-28-12-16-30(17-13-28)32(20-24-39)21-25-40/h10-17,31-33H,1-9,18-26H2,(H,41,43)(H,42,44)(H,45,46). The van der Waals surface area contributed by atoms with Crippen molar-refractivity contribution in [1.29, 1.82) is 0 Å². The first-order valence-electron chi connectivity index (χ1n) is 16.5. The molecule has 0 saturated heterocycles. The molecule has 0 aromatic heterocycles. The Kier molecular flexibility index (Phi) is 21.1. The number of carbonyl (C=O) groups is 3. The summed E-state index contributed by atoms with van der Waals surface area (Å²) in [5.74, 6) is 1.82. The van der Waals surface area contributed by atoms with Gasteiger partial charge in [0, 0.05) is 42.9 Å². The number of nitrogens with one attached hydrogen (secondary N) is 2. The Balaban J connectivity index is 1.61. The Hall–Kier alpha value is -1.99. The lowest BCUT2D eigenvalue weighted by atomic mass is 9.92. The number of rotatable bonds is 25. The van der Waals surface area contributed by atoms with Crippen molar-refractivity contribution in [2.75, 3.05) is 30.1 Å². The van der Waals surface area contributed by atoms with E-state index in [0.29, 0.717) is 74.0 Å². The van der Waals surface area contributed by atoms with Gasteiger partial charge in [0.05, 0.1) is 0 Å². The molecule has 0 aliphatic heterocycles. The molecule has 256 valence electrons. The predicted molar refractivity (Wildman–Crippen MR) is 192 cm³/mol. The fraction of sp³-hybridized carbons (Fsp3) is 0.583. The van der Waals surface area contributed by atoms with E-state index in [1.54, 1.807) is 0 Å². The van der Waals surface area contributed by atoms with Crippen molar-refractivity contribution in [2.45, 2.75) is 101 Å². The Morgan fingerprint density at radius 1 is 0.587 bits per heavy atom. The van der Waals surface area contributed by atoms with Crippen molar-refractivity contribution in [2.24, 2.45) is 0 Å². The van der Waals surface area contributed by atoms with Crippen molar-refractivity contribution >= 4 is 64.2 Å². The van der Waals surface area contributed by atoms with Gasteiger partial charge in [-0.15, -0.1) is 46.4 Å². The van der Waals surface area contributed by atoms with Crippen LogP contribution in [0.3, 0.4) is 0 Å². The summed E-state index contributed by atoms with van der Waals surface area (Å²) in [4.78, 5) is 36.4. The summed E-state index contributed by atoms with van der Waals surface area (Å²) in [6.07, 6.45) is 8.75. The maximum atomic E-state index is 12.4. The SMILES string of the molecule is O=C(CCCc1ccc(C(CCCl)CCCl)cc1)NCCCCC(NC(=O)CCCc1ccc(C(CCCl)CCCl)cc1)C(=O)O. The highest BCUT2D eigenvalue weighted by Gasteiger charge is 2.19. The van der Waals surface area contributed by atoms with Gasteiger partial charge >= 0.3 is 5.97 Å². The number of hydrogen-bond acceptors (Lipinski definition) is 3. The van der Waals surface area contributed by atoms with E-state index in [-0.39, 0.29) is 18.2 Å². The minimum absolute atomic E-state index is 0.0102. The molecule has 3 N–H and O–H groups in total. The number of alkyl halides is 4. The molecular weight excluding hydrogens is 666 g/mol. The first-order valence-corrected chi connectivity index (χ1v) is 18.6. The smallest absolute Gasteiger partial charge is 0.326 e. The summed E-state index contributed by atoms with van der Waals surface area (Å²) >= 11 is 23.7. The van der Waals surface area contributed by atoms with Crippen LogP contribution in [-0.2, 0) is 27.2 Å². The average Bonchev–Trinajstić information content (AvgIpc) is 3.04. The van der Waals surface area contributed by atoms with Gasteiger partial charge in [0.25, 0.3) is 0 Å². The molecule has 1 unspecified atom stereocenters. The largest absolute Gasteiger partial charge is 0.480 e. The highest BCUT2D eigenvalue weighted by molar-refractivity contribution is 6.18. The molecule has 0 bridgehead atoms. The average molecular weight is 717 g/mol. The number of unbranched alkanes of at least 4 members (excludes halogenated alkanes) is 1. The number of hydrogen-bond donors (Lipinski definition) is 3. The van der Waals surface area contributed by atoms with Gasteiger partial charge in [0.15, 0.2) is 0 Å². The fourth-order valence-electron chi connectivity index (χ4n) is 5.61. The zero-order valence-electron chi connectivity index (χ0n) is 26.8. The van der Waals surface area contributed by atoms with E-state index in [1.807, 2.05) is 0 Å². The van der Waals surface area contributed by atoms with Crippen molar-refractivity contribution < 1.29 is 19.5 Å². The second-order valence-corrected chi connectivity index (χ2v) is 13.3. The zero-order valence-corrected chi connectivity index (χ0v) is 29.8. The van der Waals surface area contributed by atoms with Gasteiger partial charge in [-0.1, -0.05) is 48.5 Å². The summed E-state index contributed by atoms with van der Waals surface area (Å²) in [6, 6.07) is 15.9. The monoisotopic (exact) mass is 714 g/mol. The zero-order chi connectivity index (χ0) is 33.6. The van der Waals surface area contributed by atoms with Gasteiger partial charge < -0.3 is 15.7 Å². The second-order valence-electron chi connectivity index (χ2n) is 11.8. The molecule has 0 spiro atoms. The van der Waals surface area contributed by atoms with Crippen LogP contribution in [0.25, 0.3) is 0 Å². The van der Waals surface area contributed by atoms with Gasteiger partial charge in [0.2, 0.25) is 11.8 Å². The number of benzene rings is 2. The highest BCUT2D eigenvalue weighted by Crippen LogP contribution is 2.26. The number of carboxylic acids is 1. The van der Waals surface area contributed by atoms with Gasteiger partial charge in [-0.3, -0.25) is 9.59 Å². The third kappa shape index (κ3) is 16.2. The quantitative estimate of drug-likeness (QED) is 0.0709. The van der Waals surface area contributed by atoms with Gasteiger partial charge in [-0.05, 0) is 105 Å². The Bertz CT molecular complexity index is 1140. The van der Waals surface area contributed by atoms with E-state index in [2.05, 4.69) is 59.2 Å². The maximum absolute atomic E-state index is 12.4. The van der Waals surface area contributed by atoms with Gasteiger partial charge in [0.1, 0.15) is 6.04 Å². The molecule has 0 heterocycles. The normalized spacial score (nSPS) is 12.0. The predicted octanol–water partition coefficient (Wildman–Crippen LogP) is 8.57. The van der Waals surface area contributed by atoms with Crippen LogP contribution in [-0.4, -0.2) is 59.0 Å². The van der Waals surface area contributed by atoms with E-state index >= 15 is 0 Å². The lowest BCUT2D eigenvalue weighted by Gasteiger charge is -2.16. The van der Waals surface area contributed by atoms with Gasteiger partial charge in [-0.25, -0.2) is 4.79 Å². The van der Waals surface area contributed by atoms with Gasteiger partial charge in [-0.2, -0.15) is 0 Å². The van der Waals surface area contributed by atoms with Crippen molar-refractivity contribution in [3.05, 3.63) is 70.8 Å². The number of halogens is 4. The van der Waals surface area contributed by atoms with Crippen molar-refractivity contribution in [1.82, 2.24) is 10.6 Å². The summed E-state index contributed by atoms with van der Waals surface area (Å²) in [5, 5.41) is 15.2. The molecule has 2 aromatic carbocycles. The van der Waals surface area contributed by atoms with Crippen LogP contribution in [0.15, 0.2) is 48.5 Å². The molecule has 0 aliphatic rings. The van der Waals surface area contributed by atoms with Crippen LogP contribution in [0.4, 0.5) is 0 Å². The lowest BCUT2D eigenvalue weighted by molar-refractivity contribution is -0.142. The molecule has 10 heteroatoms. The number of carbonyl (C=O) groups excluding carboxylic acids is 2. The first-order chi connectivity index (χ1) is 22.3. The molecule has 2 rings (SSSR count). The Morgan fingerprint density at radius 3 is 1.43 bits per heavy atom. The number of aryl methyl sites for hydroxylation is 2. The van der Waals surface area contributed by atoms with Crippen molar-refractivity contribution in [3.63, 3.8) is 0 Å². The van der Waals surface area contributed by atoms with E-state index in [0.717, 1.165) is 50.5 Å². The van der Waals surface area contributed by atoms with Crippen LogP contribution in [0.5, 0.6) is 0 Å². The van der Waals surface area contributed by atoms with Crippen molar-refractivity contribution in [3.8, 4) is 0 Å². The van der Waals surface area contributed by atoms with Crippen LogP contribution in [0.1, 0.15) is 105 Å². The highest BCUT2D eigenvalue weighted by atomic mass is 35.5. The van der Waals surface area contributed by atoms with Crippen LogP contribution in [0, 0.1) is 0 Å². The Morgan fingerprint density at radius 2 is 1.02 bits per heavy atom. The number of carboxylic acid groups (broad SMARTS) is 1. The molecular formula is C36H50Cl4N2O4. The minimum Gasteiger partial charge on any atom is -0.480 e. The topological polar surface area (TPSA) is 95.5 Å². The van der Waals surface area contributed by atoms with Crippen LogP contribution < -0.4 is 10.6 Å². The fourth-order valence-corrected chi connectivity index (χ4v) is 6.67. The first kappa shape index (κ1) is 40.2. The summed E-state index contributed by atoms with van der Waals surface area (Å²) in [7, 11) is 0. The number of aliphatic carboxylic acids is 1. The van der Waals surface area contributed by atoms with E-state index in [1.165, 1.54) is 16.7 Å². The molecule has 1 atom stereocenters. The van der Waals surface area contributed by atoms with E-state index in [4.69, 9.17) is 46.4 Å². The maximum Gasteiger partial charge on any atom is 0.326 e. The molecule has 46 heavy (non-hydrogen) atoms. The minimum atomic E-state index is -1.04. The molecule has 0 radical (unpaired) electrons. The third-order valence-electron chi connectivity index (χ3n) is 8.35. The summed E-state index contributed by atoms with van der Waals surface area (Å²) < 4.78 is 0. The molecule has 0 aliphatic carbocycles. The lowest BCUT2D eigenvalue weighted by Crippen LogP contribution is -2.40. The summed E-state index contributed by atoms with van der Waals surface area (Å²) in [5.41, 5.74) is 4.80. The van der Waals surface area contributed by atoms with Crippen LogP contribution in [0.2, 0.25) is 0 Å². The molecule has 2 amide bonds. The molecule has 0 fully saturated rings. The molecule has 2 aromatic rings. The molecule has 0 saturated carbocycles. The van der Waals surface area contributed by atoms with E-state index in [9.17, 15) is 19.5 Å².